The van der Waals surface area contributed by atoms with Gasteiger partial charge < -0.3 is 26.0 Å². The predicted octanol–water partition coefficient (Wildman–Crippen LogP) is 3.57. The van der Waals surface area contributed by atoms with Crippen molar-refractivity contribution in [1.29, 1.82) is 0 Å². The van der Waals surface area contributed by atoms with Crippen LogP contribution in [0.3, 0.4) is 0 Å². The van der Waals surface area contributed by atoms with E-state index in [1.807, 2.05) is 30.3 Å². The molecule has 0 atom stereocenters. The molecule has 2 aliphatic rings. The number of aromatic nitrogens is 2. The maximum absolute atomic E-state index is 14.5. The van der Waals surface area contributed by atoms with Crippen LogP contribution < -0.4 is 20.9 Å². The number of benzene rings is 2. The van der Waals surface area contributed by atoms with E-state index in [1.54, 1.807) is 18.2 Å². The van der Waals surface area contributed by atoms with Crippen LogP contribution in [0.2, 0.25) is 0 Å². The van der Waals surface area contributed by atoms with Crippen LogP contribution in [0.15, 0.2) is 54.7 Å². The molecule has 1 aliphatic heterocycles. The minimum atomic E-state index is -0.598. The minimum absolute atomic E-state index is 0.0120. The molecule has 0 spiro atoms. The first-order chi connectivity index (χ1) is 17.6. The summed E-state index contributed by atoms with van der Waals surface area (Å²) in [6, 6.07) is 15.1. The van der Waals surface area contributed by atoms with Gasteiger partial charge in [0.15, 0.2) is 11.6 Å². The highest BCUT2D eigenvalue weighted by Crippen LogP contribution is 2.32. The van der Waals surface area contributed by atoms with Crippen LogP contribution >= 0.6 is 0 Å². The number of nitrogens with zero attached hydrogens (tertiary/aromatic N) is 4. The average Bonchev–Trinajstić information content (AvgIpc) is 3.74. The van der Waals surface area contributed by atoms with Crippen molar-refractivity contribution < 1.29 is 14.3 Å². The number of nitrogens with one attached hydrogen (secondary N) is 3. The summed E-state index contributed by atoms with van der Waals surface area (Å²) in [4.78, 5) is 25.2. The van der Waals surface area contributed by atoms with Gasteiger partial charge in [-0.05, 0) is 49.2 Å². The molecule has 2 heterocycles. The maximum atomic E-state index is 14.5. The Balaban J connectivity index is 1.24. The summed E-state index contributed by atoms with van der Waals surface area (Å²) in [5.41, 5.74) is 3.04. The van der Waals surface area contributed by atoms with Gasteiger partial charge in [0.05, 0.1) is 24.2 Å². The number of para-hydroxylation sites is 2. The number of hydrogen-bond donors (Lipinski definition) is 4. The lowest BCUT2D eigenvalue weighted by Crippen LogP contribution is -2.47. The van der Waals surface area contributed by atoms with E-state index in [0.29, 0.717) is 17.9 Å². The molecule has 9 nitrogen and oxygen atoms in total. The van der Waals surface area contributed by atoms with Gasteiger partial charge in [-0.25, -0.2) is 9.37 Å². The average molecular weight is 492 g/mol. The molecule has 2 fully saturated rings. The SMILES string of the molecule is O=C(Nc1ccccc1Nc1nc(Nc2ccc(N3CCN(CCO)CC3)cc2)ncc1F)C1CC1. The summed E-state index contributed by atoms with van der Waals surface area (Å²) in [6.07, 6.45) is 2.92. The second-order valence-electron chi connectivity index (χ2n) is 9.05. The molecule has 1 aromatic heterocycles. The summed E-state index contributed by atoms with van der Waals surface area (Å²) in [5.74, 6) is -0.293. The zero-order chi connectivity index (χ0) is 24.9. The van der Waals surface area contributed by atoms with Gasteiger partial charge in [-0.3, -0.25) is 9.69 Å². The Bertz CT molecular complexity index is 1200. The third-order valence-electron chi connectivity index (χ3n) is 6.41. The lowest BCUT2D eigenvalue weighted by Gasteiger charge is -2.35. The number of hydrogen-bond acceptors (Lipinski definition) is 8. The lowest BCUT2D eigenvalue weighted by atomic mass is 10.2. The van der Waals surface area contributed by atoms with Crippen LogP contribution in [0.5, 0.6) is 0 Å². The Kier molecular flexibility index (Phi) is 7.24. The Morgan fingerprint density at radius 2 is 1.72 bits per heavy atom. The monoisotopic (exact) mass is 491 g/mol. The third kappa shape index (κ3) is 5.89. The molecule has 10 heteroatoms. The van der Waals surface area contributed by atoms with E-state index in [0.717, 1.165) is 56.6 Å². The summed E-state index contributed by atoms with van der Waals surface area (Å²) >= 11 is 0. The standard InChI is InChI=1S/C26H30FN7O2/c27-21-17-28-26(29-19-7-9-20(10-8-19)34-13-11-33(12-14-34)15-16-35)32-24(21)30-22-3-1-2-4-23(22)31-25(36)18-5-6-18/h1-4,7-10,17-18,35H,5-6,11-16H2,(H,31,36)(H2,28,29,30,32). The van der Waals surface area contributed by atoms with Crippen molar-refractivity contribution in [2.45, 2.75) is 12.8 Å². The second-order valence-corrected chi connectivity index (χ2v) is 9.05. The molecule has 1 saturated heterocycles. The number of amides is 1. The van der Waals surface area contributed by atoms with Gasteiger partial charge in [0.1, 0.15) is 0 Å². The van der Waals surface area contributed by atoms with Crippen molar-refractivity contribution >= 4 is 40.4 Å². The van der Waals surface area contributed by atoms with Crippen molar-refractivity contribution in [3.63, 3.8) is 0 Å². The van der Waals surface area contributed by atoms with Crippen LogP contribution in [-0.2, 0) is 4.79 Å². The number of aliphatic hydroxyl groups is 1. The number of β-amino-alcohol motifs (C(OH)–C–C–N with tert-alkyl or cyclic N) is 1. The number of halogens is 1. The fourth-order valence-electron chi connectivity index (χ4n) is 4.18. The lowest BCUT2D eigenvalue weighted by molar-refractivity contribution is -0.117. The van der Waals surface area contributed by atoms with Crippen molar-refractivity contribution in [2.75, 3.05) is 60.2 Å². The first-order valence-corrected chi connectivity index (χ1v) is 12.2. The molecule has 5 rings (SSSR count). The summed E-state index contributed by atoms with van der Waals surface area (Å²) < 4.78 is 14.5. The Hall–Kier alpha value is -3.76. The summed E-state index contributed by atoms with van der Waals surface area (Å²) in [5, 5.41) is 18.1. The highest BCUT2D eigenvalue weighted by Gasteiger charge is 2.30. The molecule has 1 saturated carbocycles. The number of anilines is 6. The van der Waals surface area contributed by atoms with Crippen molar-refractivity contribution in [1.82, 2.24) is 14.9 Å². The van der Waals surface area contributed by atoms with E-state index in [9.17, 15) is 9.18 Å². The highest BCUT2D eigenvalue weighted by molar-refractivity contribution is 5.97. The zero-order valence-corrected chi connectivity index (χ0v) is 20.0. The van der Waals surface area contributed by atoms with Gasteiger partial charge in [0.25, 0.3) is 0 Å². The molecule has 0 bridgehead atoms. The van der Waals surface area contributed by atoms with Crippen molar-refractivity contribution in [2.24, 2.45) is 5.92 Å². The Morgan fingerprint density at radius 3 is 2.42 bits per heavy atom. The minimum Gasteiger partial charge on any atom is -0.395 e. The van der Waals surface area contributed by atoms with Gasteiger partial charge in [-0.2, -0.15) is 4.98 Å². The number of carbonyl (C=O) groups is 1. The molecule has 3 aromatic rings. The summed E-state index contributed by atoms with van der Waals surface area (Å²) in [6.45, 7) is 4.57. The second kappa shape index (κ2) is 10.9. The van der Waals surface area contributed by atoms with Gasteiger partial charge in [-0.1, -0.05) is 12.1 Å². The fraction of sp³-hybridized carbons (Fsp3) is 0.346. The molecule has 2 aromatic carbocycles. The Morgan fingerprint density at radius 1 is 1.00 bits per heavy atom. The van der Waals surface area contributed by atoms with Gasteiger partial charge in [-0.15, -0.1) is 0 Å². The maximum Gasteiger partial charge on any atom is 0.229 e. The molecule has 188 valence electrons. The largest absolute Gasteiger partial charge is 0.395 e. The molecular weight excluding hydrogens is 461 g/mol. The van der Waals surface area contributed by atoms with Gasteiger partial charge in [0.2, 0.25) is 11.9 Å². The molecular formula is C26H30FN7O2. The molecule has 0 radical (unpaired) electrons. The molecule has 4 N–H and O–H groups in total. The van der Waals surface area contributed by atoms with Crippen LogP contribution in [0.4, 0.5) is 38.9 Å². The van der Waals surface area contributed by atoms with Crippen molar-refractivity contribution in [3.05, 3.63) is 60.5 Å². The first kappa shape index (κ1) is 24.0. The van der Waals surface area contributed by atoms with E-state index < -0.39 is 5.82 Å². The van der Waals surface area contributed by atoms with Crippen LogP contribution in [0, 0.1) is 11.7 Å². The zero-order valence-electron chi connectivity index (χ0n) is 20.0. The topological polar surface area (TPSA) is 106 Å². The number of aliphatic hydroxyl groups excluding tert-OH is 1. The smallest absolute Gasteiger partial charge is 0.229 e. The first-order valence-electron chi connectivity index (χ1n) is 12.2. The van der Waals surface area contributed by atoms with E-state index in [1.165, 1.54) is 0 Å². The predicted molar refractivity (Wildman–Crippen MR) is 139 cm³/mol. The van der Waals surface area contributed by atoms with Crippen molar-refractivity contribution in [3.8, 4) is 0 Å². The molecule has 36 heavy (non-hydrogen) atoms. The van der Waals surface area contributed by atoms with E-state index >= 15 is 0 Å². The fourth-order valence-corrected chi connectivity index (χ4v) is 4.18. The number of piperazine rings is 1. The van der Waals surface area contributed by atoms with E-state index in [4.69, 9.17) is 5.11 Å². The molecule has 1 aliphatic carbocycles. The summed E-state index contributed by atoms with van der Waals surface area (Å²) in [7, 11) is 0. The van der Waals surface area contributed by atoms with E-state index in [-0.39, 0.29) is 30.2 Å². The Labute approximate surface area is 209 Å². The third-order valence-corrected chi connectivity index (χ3v) is 6.41. The quantitative estimate of drug-likeness (QED) is 0.360. The molecule has 1 amide bonds. The normalized spacial score (nSPS) is 16.0. The molecule has 0 unspecified atom stereocenters. The van der Waals surface area contributed by atoms with Crippen LogP contribution in [-0.4, -0.2) is 65.2 Å². The highest BCUT2D eigenvalue weighted by atomic mass is 19.1. The van der Waals surface area contributed by atoms with Gasteiger partial charge >= 0.3 is 0 Å². The number of carbonyl (C=O) groups excluding carboxylic acids is 1. The van der Waals surface area contributed by atoms with Crippen LogP contribution in [0.25, 0.3) is 0 Å². The number of rotatable bonds is 9. The van der Waals surface area contributed by atoms with Crippen LogP contribution in [0.1, 0.15) is 12.8 Å². The van der Waals surface area contributed by atoms with Gasteiger partial charge in [0, 0.05) is 50.0 Å². The van der Waals surface area contributed by atoms with E-state index in [2.05, 4.69) is 35.7 Å².